The molecule has 0 bridgehead atoms. The van der Waals surface area contributed by atoms with Gasteiger partial charge in [0.05, 0.1) is 38.8 Å². The van der Waals surface area contributed by atoms with E-state index in [-0.39, 0.29) is 39.5 Å². The van der Waals surface area contributed by atoms with Crippen LogP contribution in [0.2, 0.25) is 0 Å². The van der Waals surface area contributed by atoms with Gasteiger partial charge in [0, 0.05) is 13.1 Å². The molecule has 0 aliphatic rings. The molecule has 0 saturated carbocycles. The molecule has 0 amide bonds. The molecular formula is C19H29N5O6. The zero-order chi connectivity index (χ0) is 22.1. The number of carbonyl (C=O) groups is 2. The van der Waals surface area contributed by atoms with Gasteiger partial charge >= 0.3 is 11.9 Å². The summed E-state index contributed by atoms with van der Waals surface area (Å²) in [7, 11) is 0. The van der Waals surface area contributed by atoms with Crippen molar-refractivity contribution in [3.63, 3.8) is 0 Å². The number of hydrogen-bond acceptors (Lipinski definition) is 10. The van der Waals surface area contributed by atoms with Gasteiger partial charge in [-0.1, -0.05) is 6.92 Å². The second kappa shape index (κ2) is 11.4. The van der Waals surface area contributed by atoms with Crippen LogP contribution >= 0.6 is 0 Å². The second-order valence-corrected chi connectivity index (χ2v) is 6.41. The molecule has 166 valence electrons. The molecule has 2 N–H and O–H groups in total. The molecule has 0 spiro atoms. The van der Waals surface area contributed by atoms with Crippen molar-refractivity contribution in [2.45, 2.75) is 33.2 Å². The van der Waals surface area contributed by atoms with E-state index in [0.29, 0.717) is 23.4 Å². The summed E-state index contributed by atoms with van der Waals surface area (Å²) in [5.74, 6) is -2.06. The molecule has 0 radical (unpaired) electrons. The molecule has 2 heterocycles. The van der Waals surface area contributed by atoms with Crippen molar-refractivity contribution in [2.24, 2.45) is 5.92 Å². The molecule has 1 atom stereocenters. The number of esters is 2. The number of fused-ring (bicyclic) bond motifs is 1. The zero-order valence-corrected chi connectivity index (χ0v) is 17.5. The number of ether oxygens (including phenoxy) is 2. The van der Waals surface area contributed by atoms with Crippen LogP contribution in [0.15, 0.2) is 12.7 Å². The van der Waals surface area contributed by atoms with Crippen molar-refractivity contribution in [3.8, 4) is 0 Å². The van der Waals surface area contributed by atoms with Crippen molar-refractivity contribution < 1.29 is 29.3 Å². The van der Waals surface area contributed by atoms with E-state index in [0.717, 1.165) is 0 Å². The summed E-state index contributed by atoms with van der Waals surface area (Å²) in [4.78, 5) is 39.8. The average Bonchev–Trinajstić information content (AvgIpc) is 3.16. The first-order chi connectivity index (χ1) is 14.5. The maximum absolute atomic E-state index is 12.6. The van der Waals surface area contributed by atoms with E-state index in [1.54, 1.807) is 23.3 Å². The van der Waals surface area contributed by atoms with Crippen LogP contribution in [-0.4, -0.2) is 81.2 Å². The second-order valence-electron chi connectivity index (χ2n) is 6.41. The molecule has 2 rings (SSSR count). The van der Waals surface area contributed by atoms with Gasteiger partial charge in [0.1, 0.15) is 6.33 Å². The molecule has 2 aromatic heterocycles. The highest BCUT2D eigenvalue weighted by Gasteiger charge is 2.38. The standard InChI is InChI=1S/C19H29N5O6/c1-4-13(14(18(27)29-5-2)19(28)30-6-3)24-12-22-15-16(20-11-21-17(15)24)23(7-9-25)8-10-26/h11-14,25-26H,4-10H2,1-3H3. The predicted molar refractivity (Wildman–Crippen MR) is 108 cm³/mol. The van der Waals surface area contributed by atoms with Crippen LogP contribution in [0.3, 0.4) is 0 Å². The lowest BCUT2D eigenvalue weighted by molar-refractivity contribution is -0.164. The Balaban J connectivity index is 2.53. The fraction of sp³-hybridized carbons (Fsp3) is 0.632. The highest BCUT2D eigenvalue weighted by atomic mass is 16.6. The summed E-state index contributed by atoms with van der Waals surface area (Å²) >= 11 is 0. The number of anilines is 1. The number of imidazole rings is 1. The van der Waals surface area contributed by atoms with E-state index in [4.69, 9.17) is 9.47 Å². The first-order valence-electron chi connectivity index (χ1n) is 10.0. The van der Waals surface area contributed by atoms with Crippen LogP contribution in [0.4, 0.5) is 5.82 Å². The summed E-state index contributed by atoms with van der Waals surface area (Å²) in [6.45, 7) is 5.71. The summed E-state index contributed by atoms with van der Waals surface area (Å²) in [5.41, 5.74) is 0.857. The van der Waals surface area contributed by atoms with Gasteiger partial charge in [-0.2, -0.15) is 0 Å². The number of aliphatic hydroxyl groups is 2. The topological polar surface area (TPSA) is 140 Å². The maximum Gasteiger partial charge on any atom is 0.322 e. The van der Waals surface area contributed by atoms with Crippen LogP contribution in [0.25, 0.3) is 11.2 Å². The van der Waals surface area contributed by atoms with Crippen molar-refractivity contribution in [3.05, 3.63) is 12.7 Å². The monoisotopic (exact) mass is 423 g/mol. The minimum atomic E-state index is -1.17. The summed E-state index contributed by atoms with van der Waals surface area (Å²) < 4.78 is 11.9. The molecular weight excluding hydrogens is 394 g/mol. The number of nitrogens with zero attached hydrogens (tertiary/aromatic N) is 5. The lowest BCUT2D eigenvalue weighted by Gasteiger charge is -2.25. The minimum Gasteiger partial charge on any atom is -0.465 e. The molecule has 11 heteroatoms. The highest BCUT2D eigenvalue weighted by molar-refractivity contribution is 5.96. The molecule has 30 heavy (non-hydrogen) atoms. The van der Waals surface area contributed by atoms with Crippen molar-refractivity contribution in [1.82, 2.24) is 19.5 Å². The lowest BCUT2D eigenvalue weighted by atomic mass is 9.97. The largest absolute Gasteiger partial charge is 0.465 e. The Labute approximate surface area is 174 Å². The van der Waals surface area contributed by atoms with E-state index in [2.05, 4.69) is 15.0 Å². The molecule has 2 aromatic rings. The molecule has 11 nitrogen and oxygen atoms in total. The minimum absolute atomic E-state index is 0.127. The smallest absolute Gasteiger partial charge is 0.322 e. The molecule has 0 aromatic carbocycles. The third kappa shape index (κ3) is 5.03. The first kappa shape index (κ1) is 23.5. The van der Waals surface area contributed by atoms with Crippen molar-refractivity contribution in [1.29, 1.82) is 0 Å². The van der Waals surface area contributed by atoms with E-state index >= 15 is 0 Å². The van der Waals surface area contributed by atoms with E-state index in [9.17, 15) is 19.8 Å². The Hall–Kier alpha value is -2.79. The van der Waals surface area contributed by atoms with Crippen LogP contribution in [-0.2, 0) is 19.1 Å². The molecule has 0 saturated heterocycles. The zero-order valence-electron chi connectivity index (χ0n) is 17.5. The number of aliphatic hydroxyl groups excluding tert-OH is 2. The van der Waals surface area contributed by atoms with Gasteiger partial charge in [-0.05, 0) is 20.3 Å². The van der Waals surface area contributed by atoms with Crippen LogP contribution in [0.5, 0.6) is 0 Å². The number of carbonyl (C=O) groups excluding carboxylic acids is 2. The SMILES string of the molecule is CCOC(=O)C(C(=O)OCC)C(CC)n1cnc2c(N(CCO)CCO)ncnc21. The summed E-state index contributed by atoms with van der Waals surface area (Å²) in [5, 5.41) is 18.7. The van der Waals surface area contributed by atoms with Crippen molar-refractivity contribution >= 4 is 28.9 Å². The van der Waals surface area contributed by atoms with Crippen molar-refractivity contribution in [2.75, 3.05) is 44.4 Å². The first-order valence-corrected chi connectivity index (χ1v) is 10.0. The van der Waals surface area contributed by atoms with Gasteiger partial charge in [0.25, 0.3) is 0 Å². The highest BCUT2D eigenvalue weighted by Crippen LogP contribution is 2.30. The number of rotatable bonds is 12. The van der Waals surface area contributed by atoms with Gasteiger partial charge < -0.3 is 29.2 Å². The maximum atomic E-state index is 12.6. The van der Waals surface area contributed by atoms with Crippen LogP contribution < -0.4 is 4.90 Å². The lowest BCUT2D eigenvalue weighted by Crippen LogP contribution is -2.35. The third-order valence-corrected chi connectivity index (χ3v) is 4.62. The Bertz CT molecular complexity index is 818. The Morgan fingerprint density at radius 1 is 1.03 bits per heavy atom. The van der Waals surface area contributed by atoms with Crippen LogP contribution in [0, 0.1) is 5.92 Å². The van der Waals surface area contributed by atoms with Crippen LogP contribution in [0.1, 0.15) is 33.2 Å². The van der Waals surface area contributed by atoms with Gasteiger partial charge in [0.2, 0.25) is 0 Å². The normalized spacial score (nSPS) is 12.2. The Morgan fingerprint density at radius 2 is 1.63 bits per heavy atom. The summed E-state index contributed by atoms with van der Waals surface area (Å²) in [6, 6.07) is -0.625. The Morgan fingerprint density at radius 3 is 2.13 bits per heavy atom. The molecule has 1 unspecified atom stereocenters. The molecule has 0 aliphatic heterocycles. The molecule has 0 fully saturated rings. The van der Waals surface area contributed by atoms with E-state index in [1.807, 2.05) is 6.92 Å². The quantitative estimate of drug-likeness (QED) is 0.362. The van der Waals surface area contributed by atoms with Gasteiger partial charge in [-0.3, -0.25) is 9.59 Å². The van der Waals surface area contributed by atoms with Gasteiger partial charge in [0.15, 0.2) is 22.9 Å². The third-order valence-electron chi connectivity index (χ3n) is 4.62. The fourth-order valence-corrected chi connectivity index (χ4v) is 3.35. The van der Waals surface area contributed by atoms with E-state index < -0.39 is 23.9 Å². The van der Waals surface area contributed by atoms with Gasteiger partial charge in [-0.15, -0.1) is 0 Å². The summed E-state index contributed by atoms with van der Waals surface area (Å²) in [6.07, 6.45) is 3.26. The number of aromatic nitrogens is 4. The molecule has 0 aliphatic carbocycles. The van der Waals surface area contributed by atoms with Gasteiger partial charge in [-0.25, -0.2) is 15.0 Å². The number of hydrogen-bond donors (Lipinski definition) is 2. The van der Waals surface area contributed by atoms with E-state index in [1.165, 1.54) is 12.7 Å². The fourth-order valence-electron chi connectivity index (χ4n) is 3.35. The average molecular weight is 423 g/mol. The Kier molecular flexibility index (Phi) is 8.93. The predicted octanol–water partition coefficient (Wildman–Crippen LogP) is 0.311.